The molecular weight excluding hydrogens is 336 g/mol. The minimum absolute atomic E-state index is 0.167. The number of rotatable bonds is 5. The molecule has 3 nitrogen and oxygen atoms in total. The second kappa shape index (κ2) is 8.34. The summed E-state index contributed by atoms with van der Waals surface area (Å²) in [5.41, 5.74) is 5.44. The van der Waals surface area contributed by atoms with Crippen molar-refractivity contribution in [1.29, 1.82) is 0 Å². The van der Waals surface area contributed by atoms with E-state index in [2.05, 4.69) is 19.1 Å². The van der Waals surface area contributed by atoms with Crippen LogP contribution in [0.1, 0.15) is 48.4 Å². The van der Waals surface area contributed by atoms with Gasteiger partial charge in [0.05, 0.1) is 6.61 Å². The monoisotopic (exact) mass is 362 g/mol. The number of carbonyl (C=O) groups excluding carboxylic acids is 2. The van der Waals surface area contributed by atoms with Crippen LogP contribution in [-0.4, -0.2) is 18.4 Å². The predicted molar refractivity (Wildman–Crippen MR) is 107 cm³/mol. The number of hydrogen-bond donors (Lipinski definition) is 0. The third-order valence-corrected chi connectivity index (χ3v) is 5.24. The Kier molecular flexibility index (Phi) is 5.90. The summed E-state index contributed by atoms with van der Waals surface area (Å²) in [5.74, 6) is -1.57. The number of benzene rings is 2. The minimum Gasteiger partial charge on any atom is -0.465 e. The second-order valence-corrected chi connectivity index (χ2v) is 7.07. The Morgan fingerprint density at radius 3 is 2.30 bits per heavy atom. The quantitative estimate of drug-likeness (QED) is 0.562. The largest absolute Gasteiger partial charge is 0.465 e. The maximum Gasteiger partial charge on any atom is 0.317 e. The highest BCUT2D eigenvalue weighted by atomic mass is 16.5. The molecule has 0 spiro atoms. The van der Waals surface area contributed by atoms with Crippen molar-refractivity contribution < 1.29 is 14.3 Å². The Hall–Kier alpha value is -2.68. The summed E-state index contributed by atoms with van der Waals surface area (Å²) in [6, 6.07) is 16.4. The summed E-state index contributed by atoms with van der Waals surface area (Å²) >= 11 is 0. The van der Waals surface area contributed by atoms with Crippen LogP contribution in [0.5, 0.6) is 0 Å². The van der Waals surface area contributed by atoms with Crippen LogP contribution in [0, 0.1) is 12.8 Å². The molecule has 0 bridgehead atoms. The van der Waals surface area contributed by atoms with E-state index in [1.165, 1.54) is 11.1 Å². The second-order valence-electron chi connectivity index (χ2n) is 7.07. The van der Waals surface area contributed by atoms with Crippen molar-refractivity contribution in [3.8, 4) is 0 Å². The van der Waals surface area contributed by atoms with Gasteiger partial charge in [0.25, 0.3) is 0 Å². The average molecular weight is 362 g/mol. The Labute approximate surface area is 161 Å². The summed E-state index contributed by atoms with van der Waals surface area (Å²) < 4.78 is 5.22. The van der Waals surface area contributed by atoms with Gasteiger partial charge in [-0.15, -0.1) is 0 Å². The van der Waals surface area contributed by atoms with Crippen molar-refractivity contribution in [3.05, 3.63) is 76.9 Å². The van der Waals surface area contributed by atoms with E-state index in [0.29, 0.717) is 6.42 Å². The highest BCUT2D eigenvalue weighted by Gasteiger charge is 2.39. The molecule has 2 atom stereocenters. The molecular formula is C24H26O3. The minimum atomic E-state index is -0.772. The number of ether oxygens (including phenoxy) is 1. The lowest BCUT2D eigenvalue weighted by Crippen LogP contribution is -2.34. The molecule has 2 aromatic carbocycles. The SMILES string of the molecule is CCOC(=O)[C@H]1C(=O)C=C(c2ccc(C)cc2)C[C@@H]1c1ccc(CC)cc1. The molecule has 27 heavy (non-hydrogen) atoms. The highest BCUT2D eigenvalue weighted by molar-refractivity contribution is 6.10. The van der Waals surface area contributed by atoms with Crippen molar-refractivity contribution in [1.82, 2.24) is 0 Å². The fourth-order valence-electron chi connectivity index (χ4n) is 3.67. The van der Waals surface area contributed by atoms with Gasteiger partial charge in [-0.05, 0) is 55.0 Å². The van der Waals surface area contributed by atoms with E-state index in [4.69, 9.17) is 4.74 Å². The maximum absolute atomic E-state index is 12.9. The first-order chi connectivity index (χ1) is 13.0. The molecule has 2 aromatic rings. The molecule has 1 aliphatic rings. The fraction of sp³-hybridized carbons (Fsp3) is 0.333. The van der Waals surface area contributed by atoms with Gasteiger partial charge < -0.3 is 4.74 Å². The first-order valence-corrected chi connectivity index (χ1v) is 9.60. The fourth-order valence-corrected chi connectivity index (χ4v) is 3.67. The first-order valence-electron chi connectivity index (χ1n) is 9.60. The third kappa shape index (κ3) is 4.19. The molecule has 0 radical (unpaired) electrons. The van der Waals surface area contributed by atoms with E-state index in [-0.39, 0.29) is 18.3 Å². The smallest absolute Gasteiger partial charge is 0.317 e. The molecule has 0 amide bonds. The van der Waals surface area contributed by atoms with Gasteiger partial charge >= 0.3 is 5.97 Å². The van der Waals surface area contributed by atoms with E-state index in [0.717, 1.165) is 23.1 Å². The van der Waals surface area contributed by atoms with Crippen molar-refractivity contribution >= 4 is 17.3 Å². The van der Waals surface area contributed by atoms with Gasteiger partial charge in [-0.2, -0.15) is 0 Å². The lowest BCUT2D eigenvalue weighted by atomic mass is 9.73. The van der Waals surface area contributed by atoms with Crippen LogP contribution >= 0.6 is 0 Å². The number of ketones is 1. The van der Waals surface area contributed by atoms with Crippen LogP contribution in [0.3, 0.4) is 0 Å². The molecule has 1 aliphatic carbocycles. The molecule has 0 heterocycles. The number of allylic oxidation sites excluding steroid dienone is 2. The Balaban J connectivity index is 1.99. The van der Waals surface area contributed by atoms with Crippen molar-refractivity contribution in [2.24, 2.45) is 5.92 Å². The summed E-state index contributed by atoms with van der Waals surface area (Å²) in [7, 11) is 0. The molecule has 0 fully saturated rings. The van der Waals surface area contributed by atoms with Crippen LogP contribution in [0.2, 0.25) is 0 Å². The number of carbonyl (C=O) groups is 2. The van der Waals surface area contributed by atoms with Gasteiger partial charge in [-0.1, -0.05) is 61.0 Å². The van der Waals surface area contributed by atoms with Crippen LogP contribution < -0.4 is 0 Å². The molecule has 0 aromatic heterocycles. The predicted octanol–water partition coefficient (Wildman–Crippen LogP) is 4.88. The van der Waals surface area contributed by atoms with Gasteiger partial charge in [-0.3, -0.25) is 9.59 Å². The molecule has 0 saturated carbocycles. The van der Waals surface area contributed by atoms with Crippen LogP contribution in [0.4, 0.5) is 0 Å². The molecule has 0 aliphatic heterocycles. The van der Waals surface area contributed by atoms with Crippen LogP contribution in [-0.2, 0) is 20.7 Å². The summed E-state index contributed by atoms with van der Waals surface area (Å²) in [5, 5.41) is 0. The highest BCUT2D eigenvalue weighted by Crippen LogP contribution is 2.40. The Morgan fingerprint density at radius 1 is 1.04 bits per heavy atom. The zero-order chi connectivity index (χ0) is 19.4. The van der Waals surface area contributed by atoms with E-state index < -0.39 is 11.9 Å². The maximum atomic E-state index is 12.9. The Morgan fingerprint density at radius 2 is 1.70 bits per heavy atom. The zero-order valence-corrected chi connectivity index (χ0v) is 16.2. The van der Waals surface area contributed by atoms with Crippen molar-refractivity contribution in [2.45, 2.75) is 39.5 Å². The van der Waals surface area contributed by atoms with E-state index >= 15 is 0 Å². The van der Waals surface area contributed by atoms with Gasteiger partial charge in [0.15, 0.2) is 5.78 Å². The average Bonchev–Trinajstić information content (AvgIpc) is 2.68. The topological polar surface area (TPSA) is 43.4 Å². The lowest BCUT2D eigenvalue weighted by Gasteiger charge is -2.29. The summed E-state index contributed by atoms with van der Waals surface area (Å²) in [4.78, 5) is 25.4. The standard InChI is InChI=1S/C24H26O3/c1-4-17-8-12-19(13-9-17)21-14-20(18-10-6-16(3)7-11-18)15-22(25)23(21)24(26)27-5-2/h6-13,15,21,23H,4-5,14H2,1-3H3/t21-,23-/m1/s1. The van der Waals surface area contributed by atoms with Gasteiger partial charge in [0.2, 0.25) is 0 Å². The zero-order valence-electron chi connectivity index (χ0n) is 16.2. The Bertz CT molecular complexity index is 844. The number of esters is 1. The van der Waals surface area contributed by atoms with Crippen LogP contribution in [0.25, 0.3) is 5.57 Å². The summed E-state index contributed by atoms with van der Waals surface area (Å²) in [6.45, 7) is 6.19. The molecule has 0 saturated heterocycles. The lowest BCUT2D eigenvalue weighted by molar-refractivity contribution is -0.151. The third-order valence-electron chi connectivity index (χ3n) is 5.24. The van der Waals surface area contributed by atoms with E-state index in [1.54, 1.807) is 13.0 Å². The van der Waals surface area contributed by atoms with Crippen molar-refractivity contribution in [3.63, 3.8) is 0 Å². The molecule has 3 rings (SSSR count). The van der Waals surface area contributed by atoms with Gasteiger partial charge in [0.1, 0.15) is 5.92 Å². The molecule has 0 unspecified atom stereocenters. The molecule has 3 heteroatoms. The normalized spacial score (nSPS) is 19.5. The number of hydrogen-bond acceptors (Lipinski definition) is 3. The van der Waals surface area contributed by atoms with E-state index in [9.17, 15) is 9.59 Å². The number of aryl methyl sites for hydroxylation is 2. The van der Waals surface area contributed by atoms with Gasteiger partial charge in [0, 0.05) is 5.92 Å². The van der Waals surface area contributed by atoms with Crippen LogP contribution in [0.15, 0.2) is 54.6 Å². The van der Waals surface area contributed by atoms with E-state index in [1.807, 2.05) is 43.3 Å². The summed E-state index contributed by atoms with van der Waals surface area (Å²) in [6.07, 6.45) is 3.23. The van der Waals surface area contributed by atoms with Gasteiger partial charge in [-0.25, -0.2) is 0 Å². The first kappa shape index (κ1) is 19.1. The molecule has 140 valence electrons. The van der Waals surface area contributed by atoms with Crippen molar-refractivity contribution in [2.75, 3.05) is 6.61 Å². The molecule has 0 N–H and O–H groups in total.